The standard InChI is InChI=1S/C21H27N3O3/c1-14-9-10-18(13-15(14)2)24-20(25)12-11-19(23-24)27-16(3)21(26)22-17-7-5-4-6-8-17/h9-13,16-17H,4-8H2,1-3H3,(H,22,26). The van der Waals surface area contributed by atoms with Gasteiger partial charge in [-0.1, -0.05) is 25.3 Å². The quantitative estimate of drug-likeness (QED) is 0.879. The third kappa shape index (κ3) is 4.76. The van der Waals surface area contributed by atoms with E-state index in [0.717, 1.165) is 36.8 Å². The Hall–Kier alpha value is -2.63. The third-order valence-corrected chi connectivity index (χ3v) is 5.13. The third-order valence-electron chi connectivity index (χ3n) is 5.13. The number of benzene rings is 1. The number of hydrogen-bond acceptors (Lipinski definition) is 4. The van der Waals surface area contributed by atoms with Crippen molar-refractivity contribution in [3.8, 4) is 11.6 Å². The molecule has 1 aromatic heterocycles. The van der Waals surface area contributed by atoms with Crippen molar-refractivity contribution in [2.45, 2.75) is 65.0 Å². The molecule has 1 saturated carbocycles. The van der Waals surface area contributed by atoms with Crippen molar-refractivity contribution >= 4 is 5.91 Å². The van der Waals surface area contributed by atoms with Crippen LogP contribution in [0, 0.1) is 13.8 Å². The summed E-state index contributed by atoms with van der Waals surface area (Å²) in [4.78, 5) is 24.6. The van der Waals surface area contributed by atoms with Crippen molar-refractivity contribution in [1.29, 1.82) is 0 Å². The number of carbonyl (C=O) groups excluding carboxylic acids is 1. The molecule has 1 amide bonds. The topological polar surface area (TPSA) is 73.2 Å². The molecule has 1 heterocycles. The molecule has 1 aliphatic carbocycles. The summed E-state index contributed by atoms with van der Waals surface area (Å²) in [6.07, 6.45) is 4.92. The molecule has 1 atom stereocenters. The van der Waals surface area contributed by atoms with Crippen LogP contribution in [0.3, 0.4) is 0 Å². The fraction of sp³-hybridized carbons (Fsp3) is 0.476. The molecule has 3 rings (SSSR count). The molecule has 0 bridgehead atoms. The van der Waals surface area contributed by atoms with E-state index in [1.165, 1.54) is 23.2 Å². The lowest BCUT2D eigenvalue weighted by atomic mass is 9.95. The molecule has 0 saturated heterocycles. The highest BCUT2D eigenvalue weighted by Gasteiger charge is 2.21. The van der Waals surface area contributed by atoms with Gasteiger partial charge < -0.3 is 10.1 Å². The summed E-state index contributed by atoms with van der Waals surface area (Å²) in [5, 5.41) is 7.33. The second-order valence-electron chi connectivity index (χ2n) is 7.29. The fourth-order valence-corrected chi connectivity index (χ4v) is 3.30. The molecule has 144 valence electrons. The molecule has 1 fully saturated rings. The highest BCUT2D eigenvalue weighted by molar-refractivity contribution is 5.80. The largest absolute Gasteiger partial charge is 0.464 e. The first-order valence-electron chi connectivity index (χ1n) is 9.59. The molecule has 1 aliphatic rings. The first-order valence-corrected chi connectivity index (χ1v) is 9.59. The molecule has 27 heavy (non-hydrogen) atoms. The Bertz CT molecular complexity index is 869. The van der Waals surface area contributed by atoms with E-state index in [-0.39, 0.29) is 23.4 Å². The van der Waals surface area contributed by atoms with Crippen molar-refractivity contribution in [2.75, 3.05) is 0 Å². The summed E-state index contributed by atoms with van der Waals surface area (Å²) in [6.45, 7) is 5.70. The molecule has 0 aliphatic heterocycles. The van der Waals surface area contributed by atoms with Gasteiger partial charge in [-0.05, 0) is 56.9 Å². The van der Waals surface area contributed by atoms with E-state index in [2.05, 4.69) is 10.4 Å². The molecule has 6 heteroatoms. The fourth-order valence-electron chi connectivity index (χ4n) is 3.30. The number of aryl methyl sites for hydroxylation is 2. The predicted molar refractivity (Wildman–Crippen MR) is 104 cm³/mol. The number of nitrogens with zero attached hydrogens (tertiary/aromatic N) is 2. The van der Waals surface area contributed by atoms with E-state index in [9.17, 15) is 9.59 Å². The van der Waals surface area contributed by atoms with Crippen LogP contribution in [0.15, 0.2) is 35.1 Å². The average Bonchev–Trinajstić information content (AvgIpc) is 2.66. The van der Waals surface area contributed by atoms with Gasteiger partial charge in [0.2, 0.25) is 5.88 Å². The molecule has 1 aromatic carbocycles. The summed E-state index contributed by atoms with van der Waals surface area (Å²) in [7, 11) is 0. The molecule has 1 unspecified atom stereocenters. The summed E-state index contributed by atoms with van der Waals surface area (Å²) < 4.78 is 7.01. The minimum Gasteiger partial charge on any atom is -0.464 e. The second-order valence-corrected chi connectivity index (χ2v) is 7.29. The zero-order valence-corrected chi connectivity index (χ0v) is 16.2. The van der Waals surface area contributed by atoms with Crippen LogP contribution in [0.2, 0.25) is 0 Å². The zero-order chi connectivity index (χ0) is 19.4. The van der Waals surface area contributed by atoms with E-state index < -0.39 is 6.10 Å². The number of ether oxygens (including phenoxy) is 1. The molecule has 6 nitrogen and oxygen atoms in total. The van der Waals surface area contributed by atoms with Gasteiger partial charge in [-0.25, -0.2) is 0 Å². The molecule has 0 spiro atoms. The monoisotopic (exact) mass is 369 g/mol. The van der Waals surface area contributed by atoms with Crippen LogP contribution in [-0.4, -0.2) is 27.8 Å². The van der Waals surface area contributed by atoms with E-state index in [0.29, 0.717) is 5.69 Å². The van der Waals surface area contributed by atoms with Gasteiger partial charge in [-0.15, -0.1) is 5.10 Å². The van der Waals surface area contributed by atoms with E-state index in [1.807, 2.05) is 32.0 Å². The van der Waals surface area contributed by atoms with Crippen LogP contribution in [0.1, 0.15) is 50.2 Å². The maximum absolute atomic E-state index is 12.4. The Morgan fingerprint density at radius 3 is 2.59 bits per heavy atom. The highest BCUT2D eigenvalue weighted by atomic mass is 16.5. The van der Waals surface area contributed by atoms with Crippen LogP contribution < -0.4 is 15.6 Å². The maximum atomic E-state index is 12.4. The van der Waals surface area contributed by atoms with Crippen LogP contribution >= 0.6 is 0 Å². The van der Waals surface area contributed by atoms with Gasteiger partial charge in [-0.3, -0.25) is 9.59 Å². The zero-order valence-electron chi connectivity index (χ0n) is 16.2. The van der Waals surface area contributed by atoms with Crippen molar-refractivity contribution in [3.05, 3.63) is 51.8 Å². The van der Waals surface area contributed by atoms with Gasteiger partial charge in [-0.2, -0.15) is 4.68 Å². The lowest BCUT2D eigenvalue weighted by molar-refractivity contribution is -0.128. The van der Waals surface area contributed by atoms with E-state index in [1.54, 1.807) is 6.92 Å². The molecule has 1 N–H and O–H groups in total. The van der Waals surface area contributed by atoms with Gasteiger partial charge in [0.15, 0.2) is 6.10 Å². The number of carbonyl (C=O) groups is 1. The molecule has 2 aromatic rings. The van der Waals surface area contributed by atoms with Gasteiger partial charge in [0, 0.05) is 18.2 Å². The van der Waals surface area contributed by atoms with Crippen LogP contribution in [0.4, 0.5) is 0 Å². The van der Waals surface area contributed by atoms with Crippen LogP contribution in [0.25, 0.3) is 5.69 Å². The molecular formula is C21H27N3O3. The Morgan fingerprint density at radius 2 is 1.89 bits per heavy atom. The second kappa shape index (κ2) is 8.37. The SMILES string of the molecule is Cc1ccc(-n2nc(OC(C)C(=O)NC3CCCCC3)ccc2=O)cc1C. The van der Waals surface area contributed by atoms with Crippen LogP contribution in [-0.2, 0) is 4.79 Å². The number of rotatable bonds is 5. The minimum absolute atomic E-state index is 0.146. The van der Waals surface area contributed by atoms with Crippen molar-refractivity contribution in [2.24, 2.45) is 0 Å². The van der Waals surface area contributed by atoms with Gasteiger partial charge in [0.05, 0.1) is 5.69 Å². The smallest absolute Gasteiger partial charge is 0.271 e. The number of hydrogen-bond donors (Lipinski definition) is 1. The summed E-state index contributed by atoms with van der Waals surface area (Å²) in [5.41, 5.74) is 2.65. The number of nitrogens with one attached hydrogen (secondary N) is 1. The number of aromatic nitrogens is 2. The summed E-state index contributed by atoms with van der Waals surface area (Å²) in [5.74, 6) is 0.103. The van der Waals surface area contributed by atoms with Gasteiger partial charge >= 0.3 is 0 Å². The number of amides is 1. The predicted octanol–water partition coefficient (Wildman–Crippen LogP) is 3.07. The van der Waals surface area contributed by atoms with E-state index in [4.69, 9.17) is 4.74 Å². The highest BCUT2D eigenvalue weighted by Crippen LogP contribution is 2.18. The Balaban J connectivity index is 1.72. The molecular weight excluding hydrogens is 342 g/mol. The van der Waals surface area contributed by atoms with Gasteiger partial charge in [0.25, 0.3) is 11.5 Å². The first kappa shape index (κ1) is 19.1. The molecule has 0 radical (unpaired) electrons. The normalized spacial score (nSPS) is 16.0. The Kier molecular flexibility index (Phi) is 5.94. The first-order chi connectivity index (χ1) is 12.9. The van der Waals surface area contributed by atoms with Crippen molar-refractivity contribution in [3.63, 3.8) is 0 Å². The summed E-state index contributed by atoms with van der Waals surface area (Å²) >= 11 is 0. The lowest BCUT2D eigenvalue weighted by Crippen LogP contribution is -2.43. The van der Waals surface area contributed by atoms with Crippen LogP contribution in [0.5, 0.6) is 5.88 Å². The summed E-state index contributed by atoms with van der Waals surface area (Å²) in [6, 6.07) is 8.85. The Morgan fingerprint density at radius 1 is 1.15 bits per heavy atom. The van der Waals surface area contributed by atoms with Crippen molar-refractivity contribution in [1.82, 2.24) is 15.1 Å². The van der Waals surface area contributed by atoms with Crippen molar-refractivity contribution < 1.29 is 9.53 Å². The maximum Gasteiger partial charge on any atom is 0.271 e. The average molecular weight is 369 g/mol. The van der Waals surface area contributed by atoms with E-state index >= 15 is 0 Å². The lowest BCUT2D eigenvalue weighted by Gasteiger charge is -2.24. The Labute approximate surface area is 159 Å². The minimum atomic E-state index is -0.676. The van der Waals surface area contributed by atoms with Gasteiger partial charge in [0.1, 0.15) is 0 Å².